The molecule has 1 amide bonds. The molecule has 4 aliphatic rings. The van der Waals surface area contributed by atoms with Gasteiger partial charge in [-0.3, -0.25) is 14.4 Å². The molecule has 0 aromatic heterocycles. The molecule has 2 aromatic carbocycles. The molecule has 6 rings (SSSR count). The topological polar surface area (TPSA) is 140 Å². The van der Waals surface area contributed by atoms with Gasteiger partial charge in [-0.15, -0.1) is 0 Å². The van der Waals surface area contributed by atoms with E-state index in [0.29, 0.717) is 6.42 Å². The maximum atomic E-state index is 14.3. The van der Waals surface area contributed by atoms with Crippen molar-refractivity contribution in [3.8, 4) is 5.75 Å². The molecular weight excluding hydrogens is 518 g/mol. The lowest BCUT2D eigenvalue weighted by atomic mass is 9.52. The zero-order valence-corrected chi connectivity index (χ0v) is 22.5. The molecule has 10 heteroatoms. The van der Waals surface area contributed by atoms with Crippen molar-refractivity contribution in [1.29, 1.82) is 0 Å². The number of aliphatic hydroxyl groups is 1. The first-order valence-electron chi connectivity index (χ1n) is 13.3. The zero-order valence-electron chi connectivity index (χ0n) is 22.5. The molecule has 40 heavy (non-hydrogen) atoms. The highest BCUT2D eigenvalue weighted by atomic mass is 16.6. The zero-order chi connectivity index (χ0) is 28.7. The SMILES string of the molecule is CC(C)(C)[C@]1(O)C[C@@H]2OC(=O)C[C@@]23C(=O)O[C@@H]2N(CCc4ccc(O)cc4)C(=O)[C@H](OC(=O)c4ccccc4)C213. The van der Waals surface area contributed by atoms with Gasteiger partial charge in [0.25, 0.3) is 5.91 Å². The van der Waals surface area contributed by atoms with Crippen LogP contribution in [0.1, 0.15) is 49.5 Å². The average molecular weight is 550 g/mol. The summed E-state index contributed by atoms with van der Waals surface area (Å²) < 4.78 is 17.5. The van der Waals surface area contributed by atoms with Crippen molar-refractivity contribution in [3.05, 3.63) is 65.7 Å². The van der Waals surface area contributed by atoms with Crippen LogP contribution in [0.25, 0.3) is 0 Å². The second-order valence-corrected chi connectivity index (χ2v) is 12.2. The van der Waals surface area contributed by atoms with Crippen LogP contribution in [0.3, 0.4) is 0 Å². The number of rotatable bonds is 5. The van der Waals surface area contributed by atoms with Gasteiger partial charge in [0.1, 0.15) is 22.7 Å². The van der Waals surface area contributed by atoms with Crippen LogP contribution < -0.4 is 0 Å². The lowest BCUT2D eigenvalue weighted by Gasteiger charge is -2.51. The predicted molar refractivity (Wildman–Crippen MR) is 137 cm³/mol. The fourth-order valence-electron chi connectivity index (χ4n) is 7.48. The van der Waals surface area contributed by atoms with Crippen molar-refractivity contribution < 1.29 is 43.6 Å². The summed E-state index contributed by atoms with van der Waals surface area (Å²) in [7, 11) is 0. The lowest BCUT2D eigenvalue weighted by molar-refractivity contribution is -0.211. The van der Waals surface area contributed by atoms with Gasteiger partial charge in [0.15, 0.2) is 12.3 Å². The van der Waals surface area contributed by atoms with Gasteiger partial charge < -0.3 is 29.3 Å². The van der Waals surface area contributed by atoms with E-state index >= 15 is 0 Å². The number of nitrogens with zero attached hydrogens (tertiary/aromatic N) is 1. The number of carbonyl (C=O) groups excluding carboxylic acids is 4. The molecule has 1 saturated carbocycles. The van der Waals surface area contributed by atoms with Crippen LogP contribution in [0.5, 0.6) is 5.75 Å². The molecule has 0 radical (unpaired) electrons. The second kappa shape index (κ2) is 8.54. The van der Waals surface area contributed by atoms with Gasteiger partial charge in [-0.25, -0.2) is 4.79 Å². The summed E-state index contributed by atoms with van der Waals surface area (Å²) in [5.41, 5.74) is -5.31. The predicted octanol–water partition coefficient (Wildman–Crippen LogP) is 2.35. The van der Waals surface area contributed by atoms with Crippen LogP contribution in [0.15, 0.2) is 54.6 Å². The number of aromatic hydroxyl groups is 1. The Balaban J connectivity index is 1.51. The summed E-state index contributed by atoms with van der Waals surface area (Å²) in [6.45, 7) is 5.39. The molecule has 210 valence electrons. The number of ether oxygens (including phenoxy) is 3. The number of benzene rings is 2. The van der Waals surface area contributed by atoms with Crippen molar-refractivity contribution in [2.45, 2.75) is 64.1 Å². The fraction of sp³-hybridized carbons (Fsp3) is 0.467. The largest absolute Gasteiger partial charge is 0.508 e. The van der Waals surface area contributed by atoms with Crippen molar-refractivity contribution in [3.63, 3.8) is 0 Å². The average Bonchev–Trinajstić information content (AvgIpc) is 3.51. The minimum Gasteiger partial charge on any atom is -0.508 e. The summed E-state index contributed by atoms with van der Waals surface area (Å²) in [6, 6.07) is 14.6. The quantitative estimate of drug-likeness (QED) is 0.425. The van der Waals surface area contributed by atoms with Crippen molar-refractivity contribution in [2.24, 2.45) is 16.2 Å². The number of carbonyl (C=O) groups is 4. The van der Waals surface area contributed by atoms with Crippen molar-refractivity contribution >= 4 is 23.8 Å². The van der Waals surface area contributed by atoms with E-state index in [1.54, 1.807) is 63.2 Å². The second-order valence-electron chi connectivity index (χ2n) is 12.2. The number of esters is 3. The van der Waals surface area contributed by atoms with Gasteiger partial charge in [-0.1, -0.05) is 51.1 Å². The van der Waals surface area contributed by atoms with Crippen LogP contribution in [-0.2, 0) is 35.0 Å². The van der Waals surface area contributed by atoms with Crippen molar-refractivity contribution in [1.82, 2.24) is 4.90 Å². The molecule has 0 bridgehead atoms. The minimum absolute atomic E-state index is 0.0679. The highest BCUT2D eigenvalue weighted by molar-refractivity contribution is 5.99. The molecule has 6 atom stereocenters. The van der Waals surface area contributed by atoms with Gasteiger partial charge in [-0.05, 0) is 41.7 Å². The Hall–Kier alpha value is -3.92. The van der Waals surface area contributed by atoms with E-state index in [2.05, 4.69) is 0 Å². The van der Waals surface area contributed by atoms with Crippen LogP contribution in [0.2, 0.25) is 0 Å². The molecule has 4 fully saturated rings. The molecular formula is C30H31NO9. The van der Waals surface area contributed by atoms with Crippen LogP contribution >= 0.6 is 0 Å². The van der Waals surface area contributed by atoms with Crippen LogP contribution in [-0.4, -0.2) is 69.5 Å². The number of hydrogen-bond acceptors (Lipinski definition) is 9. The first-order valence-corrected chi connectivity index (χ1v) is 13.3. The van der Waals surface area contributed by atoms with Crippen LogP contribution in [0.4, 0.5) is 0 Å². The first-order chi connectivity index (χ1) is 18.9. The normalized spacial score (nSPS) is 34.2. The number of phenolic OH excluding ortho intramolecular Hbond substituents is 1. The molecule has 1 aliphatic carbocycles. The summed E-state index contributed by atoms with van der Waals surface area (Å²) >= 11 is 0. The Morgan fingerprint density at radius 3 is 2.38 bits per heavy atom. The van der Waals surface area contributed by atoms with Gasteiger partial charge in [0, 0.05) is 13.0 Å². The van der Waals surface area contributed by atoms with E-state index < -0.39 is 70.5 Å². The smallest absolute Gasteiger partial charge is 0.338 e. The summed E-state index contributed by atoms with van der Waals surface area (Å²) in [5, 5.41) is 22.3. The maximum Gasteiger partial charge on any atom is 0.338 e. The lowest BCUT2D eigenvalue weighted by Crippen LogP contribution is -2.66. The third-order valence-corrected chi connectivity index (χ3v) is 9.38. The Bertz CT molecular complexity index is 1400. The Morgan fingerprint density at radius 1 is 1.05 bits per heavy atom. The number of amides is 1. The van der Waals surface area contributed by atoms with E-state index in [1.165, 1.54) is 17.0 Å². The molecule has 3 saturated heterocycles. The minimum atomic E-state index is -1.82. The van der Waals surface area contributed by atoms with Gasteiger partial charge in [0.05, 0.1) is 17.6 Å². The van der Waals surface area contributed by atoms with Gasteiger partial charge in [0.2, 0.25) is 0 Å². The Labute approximate surface area is 230 Å². The van der Waals surface area contributed by atoms with E-state index in [9.17, 15) is 29.4 Å². The van der Waals surface area contributed by atoms with Gasteiger partial charge >= 0.3 is 17.9 Å². The summed E-state index contributed by atoms with van der Waals surface area (Å²) in [5.74, 6) is -2.72. The van der Waals surface area contributed by atoms with E-state index in [0.717, 1.165) is 5.56 Å². The monoisotopic (exact) mass is 549 g/mol. The highest BCUT2D eigenvalue weighted by Crippen LogP contribution is 2.76. The number of phenols is 1. The molecule has 10 nitrogen and oxygen atoms in total. The molecule has 2 spiro atoms. The number of hydrogen-bond donors (Lipinski definition) is 2. The molecule has 2 aromatic rings. The highest BCUT2D eigenvalue weighted by Gasteiger charge is 2.93. The van der Waals surface area contributed by atoms with E-state index in [1.807, 2.05) is 0 Å². The third-order valence-electron chi connectivity index (χ3n) is 9.38. The molecule has 1 unspecified atom stereocenters. The van der Waals surface area contributed by atoms with Crippen LogP contribution in [0, 0.1) is 16.2 Å². The van der Waals surface area contributed by atoms with Gasteiger partial charge in [-0.2, -0.15) is 0 Å². The molecule has 2 N–H and O–H groups in total. The maximum absolute atomic E-state index is 14.3. The summed E-state index contributed by atoms with van der Waals surface area (Å²) in [4.78, 5) is 55.5. The van der Waals surface area contributed by atoms with E-state index in [-0.39, 0.29) is 24.3 Å². The summed E-state index contributed by atoms with van der Waals surface area (Å²) in [6.07, 6.45) is -4.17. The molecule has 3 aliphatic heterocycles. The molecule has 3 heterocycles. The first kappa shape index (κ1) is 26.3. The van der Waals surface area contributed by atoms with E-state index in [4.69, 9.17) is 14.2 Å². The number of likely N-dealkylation sites (tertiary alicyclic amines) is 1. The van der Waals surface area contributed by atoms with Crippen molar-refractivity contribution in [2.75, 3.05) is 6.54 Å². The Morgan fingerprint density at radius 2 is 1.73 bits per heavy atom. The fourth-order valence-corrected chi connectivity index (χ4v) is 7.48. The standard InChI is InChI=1S/C30H31NO9/c1-27(2,3)29(37)15-20-28(16-21(33)38-20)26(36)40-25-30(28,29)22(39-24(35)18-7-5-4-6-8-18)23(34)31(25)14-13-17-9-11-19(32)12-10-17/h4-12,20,22,25,32,37H,13-16H2,1-3H3/t20-,22-,25-,28-,29+,30?/m0/s1. The third kappa shape index (κ3) is 3.19. The Kier molecular flexibility index (Phi) is 5.62.